The monoisotopic (exact) mass is 269 g/mol. The van der Waals surface area contributed by atoms with Crippen molar-refractivity contribution < 1.29 is 4.42 Å². The summed E-state index contributed by atoms with van der Waals surface area (Å²) in [6.07, 6.45) is 4.66. The van der Waals surface area contributed by atoms with Crippen molar-refractivity contribution in [1.82, 2.24) is 5.32 Å². The van der Waals surface area contributed by atoms with E-state index >= 15 is 0 Å². The van der Waals surface area contributed by atoms with Crippen molar-refractivity contribution in [1.29, 1.82) is 0 Å². The fourth-order valence-corrected chi connectivity index (χ4v) is 3.43. The van der Waals surface area contributed by atoms with E-state index in [0.29, 0.717) is 5.92 Å². The summed E-state index contributed by atoms with van der Waals surface area (Å²) in [7, 11) is 2.04. The lowest BCUT2D eigenvalue weighted by molar-refractivity contribution is 0.347. The molecule has 0 amide bonds. The second-order valence-electron chi connectivity index (χ2n) is 5.62. The molecule has 0 saturated carbocycles. The van der Waals surface area contributed by atoms with Crippen molar-refractivity contribution in [2.45, 2.75) is 44.6 Å². The van der Waals surface area contributed by atoms with Gasteiger partial charge in [0.1, 0.15) is 11.5 Å². The molecule has 106 valence electrons. The molecule has 1 aromatic carbocycles. The van der Waals surface area contributed by atoms with Gasteiger partial charge in [0.25, 0.3) is 0 Å². The molecule has 0 fully saturated rings. The highest BCUT2D eigenvalue weighted by atomic mass is 16.3. The molecule has 1 aliphatic rings. The zero-order valence-corrected chi connectivity index (χ0v) is 12.4. The first-order valence-electron chi connectivity index (χ1n) is 7.67. The molecule has 0 bridgehead atoms. The molecule has 1 N–H and O–H groups in total. The van der Waals surface area contributed by atoms with Crippen LogP contribution in [-0.2, 0) is 12.8 Å². The van der Waals surface area contributed by atoms with Crippen LogP contribution in [0.4, 0.5) is 0 Å². The fourth-order valence-electron chi connectivity index (χ4n) is 3.43. The lowest BCUT2D eigenvalue weighted by Gasteiger charge is -2.31. The molecule has 0 spiro atoms. The normalized spacial score (nSPS) is 19.6. The summed E-state index contributed by atoms with van der Waals surface area (Å²) in [6.45, 7) is 2.13. The summed E-state index contributed by atoms with van der Waals surface area (Å²) < 4.78 is 5.99. The van der Waals surface area contributed by atoms with E-state index in [1.807, 2.05) is 7.05 Å². The van der Waals surface area contributed by atoms with E-state index in [2.05, 4.69) is 48.6 Å². The van der Waals surface area contributed by atoms with E-state index in [1.165, 1.54) is 30.4 Å². The highest BCUT2D eigenvalue weighted by Gasteiger charge is 2.29. The molecule has 2 aromatic rings. The molecule has 0 saturated heterocycles. The molecular formula is C18H23NO. The van der Waals surface area contributed by atoms with Gasteiger partial charge in [0.15, 0.2) is 0 Å². The van der Waals surface area contributed by atoms with Gasteiger partial charge in [0.2, 0.25) is 0 Å². The van der Waals surface area contributed by atoms with Gasteiger partial charge in [-0.15, -0.1) is 0 Å². The summed E-state index contributed by atoms with van der Waals surface area (Å²) in [4.78, 5) is 0. The summed E-state index contributed by atoms with van der Waals surface area (Å²) in [6, 6.07) is 13.4. The third-order valence-corrected chi connectivity index (χ3v) is 4.47. The molecule has 1 aliphatic carbocycles. The standard InChI is InChI=1S/C18H23NO/c1-3-14-11-12-17(20-14)18(19-2)16-10-6-8-13-7-4-5-9-15(13)16/h4-5,7,9,11-12,16,18-19H,3,6,8,10H2,1-2H3. The number of aryl methyl sites for hydroxylation is 2. The smallest absolute Gasteiger partial charge is 0.121 e. The van der Waals surface area contributed by atoms with Crippen LogP contribution in [0.3, 0.4) is 0 Å². The van der Waals surface area contributed by atoms with E-state index in [0.717, 1.165) is 17.9 Å². The zero-order chi connectivity index (χ0) is 13.9. The first-order chi connectivity index (χ1) is 9.83. The van der Waals surface area contributed by atoms with Crippen LogP contribution in [0.1, 0.15) is 54.4 Å². The van der Waals surface area contributed by atoms with E-state index in [1.54, 1.807) is 0 Å². The molecule has 0 aliphatic heterocycles. The number of hydrogen-bond donors (Lipinski definition) is 1. The minimum atomic E-state index is 0.275. The van der Waals surface area contributed by atoms with Crippen molar-refractivity contribution in [3.8, 4) is 0 Å². The Morgan fingerprint density at radius 1 is 1.25 bits per heavy atom. The maximum Gasteiger partial charge on any atom is 0.121 e. The molecule has 0 radical (unpaired) electrons. The number of furan rings is 1. The Kier molecular flexibility index (Phi) is 3.93. The van der Waals surface area contributed by atoms with Crippen LogP contribution in [0.5, 0.6) is 0 Å². The van der Waals surface area contributed by atoms with Gasteiger partial charge in [-0.2, -0.15) is 0 Å². The van der Waals surface area contributed by atoms with Gasteiger partial charge in [0, 0.05) is 12.3 Å². The first-order valence-corrected chi connectivity index (χ1v) is 7.67. The van der Waals surface area contributed by atoms with Gasteiger partial charge in [-0.1, -0.05) is 31.2 Å². The summed E-state index contributed by atoms with van der Waals surface area (Å²) in [5, 5.41) is 3.47. The third kappa shape index (κ3) is 2.40. The number of nitrogens with one attached hydrogen (secondary N) is 1. The predicted octanol–water partition coefficient (Wildman–Crippen LogP) is 4.22. The average molecular weight is 269 g/mol. The maximum absolute atomic E-state index is 5.99. The van der Waals surface area contributed by atoms with E-state index < -0.39 is 0 Å². The highest BCUT2D eigenvalue weighted by Crippen LogP contribution is 2.40. The van der Waals surface area contributed by atoms with Gasteiger partial charge in [0.05, 0.1) is 6.04 Å². The van der Waals surface area contributed by atoms with Crippen LogP contribution in [0.15, 0.2) is 40.8 Å². The number of fused-ring (bicyclic) bond motifs is 1. The molecule has 2 atom stereocenters. The zero-order valence-electron chi connectivity index (χ0n) is 12.4. The van der Waals surface area contributed by atoms with Gasteiger partial charge in [-0.3, -0.25) is 0 Å². The van der Waals surface area contributed by atoms with Crippen LogP contribution in [0.2, 0.25) is 0 Å². The Balaban J connectivity index is 1.94. The Bertz CT molecular complexity index is 572. The van der Waals surface area contributed by atoms with E-state index in [9.17, 15) is 0 Å². The molecule has 3 rings (SSSR count). The number of hydrogen-bond acceptors (Lipinski definition) is 2. The molecule has 1 aromatic heterocycles. The molecule has 2 nitrogen and oxygen atoms in total. The fraction of sp³-hybridized carbons (Fsp3) is 0.444. The van der Waals surface area contributed by atoms with Crippen LogP contribution >= 0.6 is 0 Å². The van der Waals surface area contributed by atoms with Crippen molar-refractivity contribution in [3.63, 3.8) is 0 Å². The number of rotatable bonds is 4. The lowest BCUT2D eigenvalue weighted by Crippen LogP contribution is -2.26. The minimum absolute atomic E-state index is 0.275. The Hall–Kier alpha value is -1.54. The first kappa shape index (κ1) is 13.4. The minimum Gasteiger partial charge on any atom is -0.464 e. The summed E-state index contributed by atoms with van der Waals surface area (Å²) in [5.41, 5.74) is 3.00. The molecule has 2 heteroatoms. The van der Waals surface area contributed by atoms with Crippen LogP contribution in [0, 0.1) is 0 Å². The second-order valence-corrected chi connectivity index (χ2v) is 5.62. The van der Waals surface area contributed by atoms with Gasteiger partial charge in [-0.25, -0.2) is 0 Å². The van der Waals surface area contributed by atoms with Crippen LogP contribution in [0.25, 0.3) is 0 Å². The predicted molar refractivity (Wildman–Crippen MR) is 82.0 cm³/mol. The van der Waals surface area contributed by atoms with Gasteiger partial charge < -0.3 is 9.73 Å². The highest BCUT2D eigenvalue weighted by molar-refractivity contribution is 5.35. The van der Waals surface area contributed by atoms with Gasteiger partial charge >= 0.3 is 0 Å². The molecule has 1 heterocycles. The maximum atomic E-state index is 5.99. The van der Waals surface area contributed by atoms with Crippen LogP contribution < -0.4 is 5.32 Å². The van der Waals surface area contributed by atoms with Crippen molar-refractivity contribution in [2.75, 3.05) is 7.05 Å². The largest absolute Gasteiger partial charge is 0.464 e. The number of likely N-dealkylation sites (N-methyl/N-ethyl adjacent to an activating group) is 1. The van der Waals surface area contributed by atoms with Gasteiger partial charge in [-0.05, 0) is 49.6 Å². The van der Waals surface area contributed by atoms with E-state index in [4.69, 9.17) is 4.42 Å². The third-order valence-electron chi connectivity index (χ3n) is 4.47. The quantitative estimate of drug-likeness (QED) is 0.899. The SMILES string of the molecule is CCc1ccc(C(NC)C2CCCc3ccccc32)o1. The Labute approximate surface area is 121 Å². The average Bonchev–Trinajstić information content (AvgIpc) is 2.97. The molecular weight excluding hydrogens is 246 g/mol. The van der Waals surface area contributed by atoms with Crippen molar-refractivity contribution >= 4 is 0 Å². The summed E-state index contributed by atoms with van der Waals surface area (Å²) >= 11 is 0. The molecule has 2 unspecified atom stereocenters. The molecule has 20 heavy (non-hydrogen) atoms. The Morgan fingerprint density at radius 3 is 2.85 bits per heavy atom. The van der Waals surface area contributed by atoms with E-state index in [-0.39, 0.29) is 6.04 Å². The number of benzene rings is 1. The summed E-state index contributed by atoms with van der Waals surface area (Å²) in [5.74, 6) is 2.66. The second kappa shape index (κ2) is 5.84. The lowest BCUT2D eigenvalue weighted by atomic mass is 9.78. The Morgan fingerprint density at radius 2 is 2.10 bits per heavy atom. The van der Waals surface area contributed by atoms with Crippen LogP contribution in [-0.4, -0.2) is 7.05 Å². The topological polar surface area (TPSA) is 25.2 Å². The van der Waals surface area contributed by atoms with Crippen molar-refractivity contribution in [2.24, 2.45) is 0 Å². The van der Waals surface area contributed by atoms with Crippen molar-refractivity contribution in [3.05, 3.63) is 59.0 Å².